The van der Waals surface area contributed by atoms with Gasteiger partial charge in [-0.3, -0.25) is 4.79 Å². The van der Waals surface area contributed by atoms with Crippen molar-refractivity contribution in [2.75, 3.05) is 13.7 Å². The fraction of sp³-hybridized carbons (Fsp3) is 0.909. The van der Waals surface area contributed by atoms with Crippen LogP contribution in [0.4, 0.5) is 0 Å². The van der Waals surface area contributed by atoms with Gasteiger partial charge in [-0.15, -0.1) is 0 Å². The highest BCUT2D eigenvalue weighted by Crippen LogP contribution is 2.31. The molecule has 1 fully saturated rings. The number of likely N-dealkylation sites (N-methyl/N-ethyl adjacent to an activating group) is 1. The molecule has 0 aromatic carbocycles. The Morgan fingerprint density at radius 2 is 2.33 bits per heavy atom. The number of nitrogens with one attached hydrogen (secondary N) is 1. The summed E-state index contributed by atoms with van der Waals surface area (Å²) in [5.74, 6) is 0.267. The highest BCUT2D eigenvalue weighted by atomic mass is 16.5. The van der Waals surface area contributed by atoms with E-state index in [4.69, 9.17) is 10.5 Å². The normalized spacial score (nSPS) is 31.1. The molecule has 15 heavy (non-hydrogen) atoms. The fourth-order valence-corrected chi connectivity index (χ4v) is 2.05. The number of nitrogens with two attached hydrogens (primary N) is 1. The van der Waals surface area contributed by atoms with Crippen molar-refractivity contribution in [2.45, 2.75) is 44.8 Å². The Morgan fingerprint density at radius 1 is 1.67 bits per heavy atom. The number of amides is 1. The molecule has 1 saturated carbocycles. The second kappa shape index (κ2) is 4.94. The van der Waals surface area contributed by atoms with E-state index < -0.39 is 5.54 Å². The third kappa shape index (κ3) is 2.92. The van der Waals surface area contributed by atoms with Crippen LogP contribution in [-0.2, 0) is 9.53 Å². The van der Waals surface area contributed by atoms with Crippen LogP contribution in [0, 0.1) is 5.92 Å². The molecule has 0 radical (unpaired) electrons. The Labute approximate surface area is 91.5 Å². The molecule has 0 saturated heterocycles. The van der Waals surface area contributed by atoms with Crippen LogP contribution in [0.1, 0.15) is 33.1 Å². The Balaban J connectivity index is 2.46. The molecule has 88 valence electrons. The van der Waals surface area contributed by atoms with Gasteiger partial charge >= 0.3 is 0 Å². The summed E-state index contributed by atoms with van der Waals surface area (Å²) in [5, 5.41) is 3.04. The van der Waals surface area contributed by atoms with Crippen LogP contribution in [-0.4, -0.2) is 31.2 Å². The van der Waals surface area contributed by atoms with Crippen molar-refractivity contribution in [3.63, 3.8) is 0 Å². The van der Waals surface area contributed by atoms with Gasteiger partial charge in [0.2, 0.25) is 5.91 Å². The lowest BCUT2D eigenvalue weighted by Gasteiger charge is -2.24. The topological polar surface area (TPSA) is 64.3 Å². The Hall–Kier alpha value is -0.610. The maximum atomic E-state index is 11.3. The molecule has 2 unspecified atom stereocenters. The molecule has 0 aromatic rings. The van der Waals surface area contributed by atoms with Gasteiger partial charge in [0.1, 0.15) is 0 Å². The smallest absolute Gasteiger partial charge is 0.237 e. The molecule has 4 nitrogen and oxygen atoms in total. The lowest BCUT2D eigenvalue weighted by molar-refractivity contribution is -0.124. The number of hydrogen-bond donors (Lipinski definition) is 2. The number of carbonyl (C=O) groups excluding carboxylic acids is 1. The van der Waals surface area contributed by atoms with E-state index in [0.717, 1.165) is 19.4 Å². The zero-order valence-corrected chi connectivity index (χ0v) is 9.88. The van der Waals surface area contributed by atoms with E-state index >= 15 is 0 Å². The summed E-state index contributed by atoms with van der Waals surface area (Å²) < 4.78 is 5.72. The van der Waals surface area contributed by atoms with E-state index in [1.54, 1.807) is 7.05 Å². The van der Waals surface area contributed by atoms with E-state index in [1.165, 1.54) is 0 Å². The third-order valence-corrected chi connectivity index (χ3v) is 3.08. The van der Waals surface area contributed by atoms with Crippen molar-refractivity contribution in [3.05, 3.63) is 0 Å². The van der Waals surface area contributed by atoms with E-state index in [9.17, 15) is 4.79 Å². The highest BCUT2D eigenvalue weighted by molar-refractivity contribution is 5.85. The minimum absolute atomic E-state index is 0.173. The summed E-state index contributed by atoms with van der Waals surface area (Å²) in [4.78, 5) is 11.3. The fourth-order valence-electron chi connectivity index (χ4n) is 2.05. The molecule has 0 aliphatic heterocycles. The van der Waals surface area contributed by atoms with Crippen LogP contribution in [0.25, 0.3) is 0 Å². The van der Waals surface area contributed by atoms with Gasteiger partial charge in [-0.25, -0.2) is 0 Å². The van der Waals surface area contributed by atoms with Crippen LogP contribution in [0.15, 0.2) is 0 Å². The van der Waals surface area contributed by atoms with Gasteiger partial charge in [-0.05, 0) is 25.8 Å². The van der Waals surface area contributed by atoms with Crippen LogP contribution >= 0.6 is 0 Å². The van der Waals surface area contributed by atoms with Crippen molar-refractivity contribution in [1.29, 1.82) is 0 Å². The van der Waals surface area contributed by atoms with Gasteiger partial charge < -0.3 is 15.8 Å². The largest absolute Gasteiger partial charge is 0.378 e. The quantitative estimate of drug-likeness (QED) is 0.706. The highest BCUT2D eigenvalue weighted by Gasteiger charge is 2.43. The van der Waals surface area contributed by atoms with E-state index in [-0.39, 0.29) is 12.0 Å². The number of hydrogen-bond acceptors (Lipinski definition) is 3. The van der Waals surface area contributed by atoms with Gasteiger partial charge in [0.15, 0.2) is 0 Å². The first kappa shape index (κ1) is 12.5. The van der Waals surface area contributed by atoms with Crippen LogP contribution < -0.4 is 11.1 Å². The molecule has 1 aliphatic carbocycles. The van der Waals surface area contributed by atoms with Gasteiger partial charge in [0, 0.05) is 13.0 Å². The summed E-state index contributed by atoms with van der Waals surface area (Å²) in [6.07, 6.45) is 2.57. The first-order valence-corrected chi connectivity index (χ1v) is 5.60. The maximum Gasteiger partial charge on any atom is 0.237 e. The van der Waals surface area contributed by atoms with Gasteiger partial charge in [0.25, 0.3) is 0 Å². The molecule has 2 atom stereocenters. The average molecular weight is 214 g/mol. The predicted molar refractivity (Wildman–Crippen MR) is 59.4 cm³/mol. The van der Waals surface area contributed by atoms with Crippen molar-refractivity contribution in [3.8, 4) is 0 Å². The predicted octanol–water partition coefficient (Wildman–Crippen LogP) is 0.655. The molecule has 4 heteroatoms. The Morgan fingerprint density at radius 3 is 2.73 bits per heavy atom. The SMILES string of the molecule is CNC1(C(N)=O)CCC(OCC(C)C)C1. The van der Waals surface area contributed by atoms with Crippen molar-refractivity contribution < 1.29 is 9.53 Å². The molecular weight excluding hydrogens is 192 g/mol. The molecule has 0 heterocycles. The summed E-state index contributed by atoms with van der Waals surface area (Å²) >= 11 is 0. The van der Waals surface area contributed by atoms with Crippen LogP contribution in [0.3, 0.4) is 0 Å². The van der Waals surface area contributed by atoms with E-state index in [2.05, 4.69) is 19.2 Å². The molecule has 1 aliphatic rings. The summed E-state index contributed by atoms with van der Waals surface area (Å²) in [6.45, 7) is 4.99. The van der Waals surface area contributed by atoms with Crippen molar-refractivity contribution >= 4 is 5.91 Å². The molecular formula is C11H22N2O2. The maximum absolute atomic E-state index is 11.3. The standard InChI is InChI=1S/C11H22N2O2/c1-8(2)7-15-9-4-5-11(6-9,13-3)10(12)14/h8-9,13H,4-7H2,1-3H3,(H2,12,14). The van der Waals surface area contributed by atoms with Gasteiger partial charge in [0.05, 0.1) is 11.6 Å². The molecule has 1 rings (SSSR count). The third-order valence-electron chi connectivity index (χ3n) is 3.08. The molecule has 1 amide bonds. The molecule has 0 aromatic heterocycles. The van der Waals surface area contributed by atoms with Crippen molar-refractivity contribution in [1.82, 2.24) is 5.32 Å². The van der Waals surface area contributed by atoms with Crippen LogP contribution in [0.5, 0.6) is 0 Å². The number of primary amides is 1. The Kier molecular flexibility index (Phi) is 4.11. The summed E-state index contributed by atoms with van der Waals surface area (Å²) in [5.41, 5.74) is 4.86. The zero-order valence-electron chi connectivity index (χ0n) is 9.88. The lowest BCUT2D eigenvalue weighted by atomic mass is 9.97. The first-order chi connectivity index (χ1) is 7.00. The minimum Gasteiger partial charge on any atom is -0.378 e. The van der Waals surface area contributed by atoms with Gasteiger partial charge in [-0.2, -0.15) is 0 Å². The number of rotatable bonds is 5. The lowest BCUT2D eigenvalue weighted by Crippen LogP contribution is -2.52. The summed E-state index contributed by atoms with van der Waals surface area (Å²) in [7, 11) is 1.79. The molecule has 3 N–H and O–H groups in total. The van der Waals surface area contributed by atoms with Gasteiger partial charge in [-0.1, -0.05) is 13.8 Å². The monoisotopic (exact) mass is 214 g/mol. The second-order valence-corrected chi connectivity index (χ2v) is 4.79. The average Bonchev–Trinajstić information content (AvgIpc) is 2.59. The Bertz CT molecular complexity index is 231. The van der Waals surface area contributed by atoms with Crippen molar-refractivity contribution in [2.24, 2.45) is 11.7 Å². The molecule has 0 spiro atoms. The number of carbonyl (C=O) groups is 1. The number of ether oxygens (including phenoxy) is 1. The van der Waals surface area contributed by atoms with E-state index in [1.807, 2.05) is 0 Å². The second-order valence-electron chi connectivity index (χ2n) is 4.79. The zero-order chi connectivity index (χ0) is 11.5. The first-order valence-electron chi connectivity index (χ1n) is 5.60. The minimum atomic E-state index is -0.540. The van der Waals surface area contributed by atoms with E-state index in [0.29, 0.717) is 12.3 Å². The molecule has 0 bridgehead atoms. The summed E-state index contributed by atoms with van der Waals surface area (Å²) in [6, 6.07) is 0. The van der Waals surface area contributed by atoms with Crippen LogP contribution in [0.2, 0.25) is 0 Å².